The third-order valence-electron chi connectivity index (χ3n) is 2.77. The SMILES string of the molecule is CC1CCCC1Nc1cncnc1. The molecule has 1 N–H and O–H groups in total. The van der Waals surface area contributed by atoms with Gasteiger partial charge in [-0.3, -0.25) is 0 Å². The number of hydrogen-bond donors (Lipinski definition) is 1. The molecule has 1 aromatic rings. The van der Waals surface area contributed by atoms with E-state index in [1.807, 2.05) is 12.4 Å². The molecule has 2 unspecified atom stereocenters. The highest BCUT2D eigenvalue weighted by Crippen LogP contribution is 2.27. The smallest absolute Gasteiger partial charge is 0.115 e. The summed E-state index contributed by atoms with van der Waals surface area (Å²) in [5, 5.41) is 3.47. The first-order chi connectivity index (χ1) is 6.36. The first-order valence-corrected chi connectivity index (χ1v) is 4.88. The number of nitrogens with one attached hydrogen (secondary N) is 1. The van der Waals surface area contributed by atoms with E-state index in [1.165, 1.54) is 19.3 Å². The van der Waals surface area contributed by atoms with Gasteiger partial charge >= 0.3 is 0 Å². The fourth-order valence-electron chi connectivity index (χ4n) is 1.95. The van der Waals surface area contributed by atoms with Crippen molar-refractivity contribution in [1.82, 2.24) is 9.97 Å². The maximum Gasteiger partial charge on any atom is 0.115 e. The summed E-state index contributed by atoms with van der Waals surface area (Å²) in [5.74, 6) is 0.778. The maximum atomic E-state index is 3.98. The van der Waals surface area contributed by atoms with Crippen LogP contribution in [-0.4, -0.2) is 16.0 Å². The van der Waals surface area contributed by atoms with Crippen molar-refractivity contribution in [3.63, 3.8) is 0 Å². The van der Waals surface area contributed by atoms with E-state index in [9.17, 15) is 0 Å². The van der Waals surface area contributed by atoms with Crippen molar-refractivity contribution < 1.29 is 0 Å². The van der Waals surface area contributed by atoms with Crippen LogP contribution in [0.4, 0.5) is 5.69 Å². The monoisotopic (exact) mass is 177 g/mol. The van der Waals surface area contributed by atoms with E-state index < -0.39 is 0 Å². The van der Waals surface area contributed by atoms with E-state index in [4.69, 9.17) is 0 Å². The van der Waals surface area contributed by atoms with Gasteiger partial charge < -0.3 is 5.32 Å². The first kappa shape index (κ1) is 8.48. The Hall–Kier alpha value is -1.12. The van der Waals surface area contributed by atoms with Crippen LogP contribution in [0.1, 0.15) is 26.2 Å². The largest absolute Gasteiger partial charge is 0.380 e. The molecule has 0 spiro atoms. The van der Waals surface area contributed by atoms with Crippen molar-refractivity contribution in [3.05, 3.63) is 18.7 Å². The van der Waals surface area contributed by atoms with Crippen molar-refractivity contribution in [1.29, 1.82) is 0 Å². The van der Waals surface area contributed by atoms with E-state index in [-0.39, 0.29) is 0 Å². The summed E-state index contributed by atoms with van der Waals surface area (Å²) in [4.78, 5) is 7.96. The zero-order valence-electron chi connectivity index (χ0n) is 7.90. The third kappa shape index (κ3) is 1.97. The number of rotatable bonds is 2. The van der Waals surface area contributed by atoms with Crippen molar-refractivity contribution in [2.75, 3.05) is 5.32 Å². The van der Waals surface area contributed by atoms with E-state index >= 15 is 0 Å². The highest BCUT2D eigenvalue weighted by atomic mass is 15.0. The van der Waals surface area contributed by atoms with Crippen LogP contribution in [0.5, 0.6) is 0 Å². The van der Waals surface area contributed by atoms with Gasteiger partial charge in [0.15, 0.2) is 0 Å². The van der Waals surface area contributed by atoms with Crippen LogP contribution in [0.3, 0.4) is 0 Å². The van der Waals surface area contributed by atoms with Crippen LogP contribution in [0.2, 0.25) is 0 Å². The molecule has 2 atom stereocenters. The highest BCUT2D eigenvalue weighted by Gasteiger charge is 2.22. The fourth-order valence-corrected chi connectivity index (χ4v) is 1.95. The molecule has 1 aromatic heterocycles. The second-order valence-electron chi connectivity index (χ2n) is 3.79. The second-order valence-corrected chi connectivity index (χ2v) is 3.79. The molecule has 3 heteroatoms. The molecular formula is C10H15N3. The highest BCUT2D eigenvalue weighted by molar-refractivity contribution is 5.38. The lowest BCUT2D eigenvalue weighted by molar-refractivity contribution is 0.556. The number of nitrogens with zero attached hydrogens (tertiary/aromatic N) is 2. The first-order valence-electron chi connectivity index (χ1n) is 4.88. The molecule has 0 amide bonds. The molecular weight excluding hydrogens is 162 g/mol. The summed E-state index contributed by atoms with van der Waals surface area (Å²) in [6, 6.07) is 0.617. The van der Waals surface area contributed by atoms with Crippen LogP contribution >= 0.6 is 0 Å². The molecule has 0 bridgehead atoms. The molecule has 1 saturated carbocycles. The van der Waals surface area contributed by atoms with E-state index in [0.29, 0.717) is 6.04 Å². The molecule has 13 heavy (non-hydrogen) atoms. The Kier molecular flexibility index (Phi) is 2.43. The van der Waals surface area contributed by atoms with Gasteiger partial charge in [0, 0.05) is 6.04 Å². The van der Waals surface area contributed by atoms with E-state index in [2.05, 4.69) is 22.2 Å². The minimum Gasteiger partial charge on any atom is -0.380 e. The van der Waals surface area contributed by atoms with Crippen LogP contribution in [0, 0.1) is 5.92 Å². The lowest BCUT2D eigenvalue weighted by Crippen LogP contribution is -2.21. The number of aromatic nitrogens is 2. The van der Waals surface area contributed by atoms with E-state index in [1.54, 1.807) is 6.33 Å². The lowest BCUT2D eigenvalue weighted by atomic mass is 10.1. The molecule has 70 valence electrons. The summed E-state index contributed by atoms with van der Waals surface area (Å²) in [7, 11) is 0. The fraction of sp³-hybridized carbons (Fsp3) is 0.600. The average molecular weight is 177 g/mol. The molecule has 2 rings (SSSR count). The molecule has 1 aliphatic carbocycles. The van der Waals surface area contributed by atoms with Crippen LogP contribution in [0.25, 0.3) is 0 Å². The van der Waals surface area contributed by atoms with Gasteiger partial charge in [-0.15, -0.1) is 0 Å². The molecule has 1 heterocycles. The van der Waals surface area contributed by atoms with E-state index in [0.717, 1.165) is 11.6 Å². The molecule has 0 saturated heterocycles. The normalized spacial score (nSPS) is 27.5. The minimum absolute atomic E-state index is 0.617. The summed E-state index contributed by atoms with van der Waals surface area (Å²) in [5.41, 5.74) is 1.04. The van der Waals surface area contributed by atoms with Gasteiger partial charge in [0.2, 0.25) is 0 Å². The van der Waals surface area contributed by atoms with Crippen molar-refractivity contribution in [2.24, 2.45) is 5.92 Å². The van der Waals surface area contributed by atoms with Gasteiger partial charge in [0.05, 0.1) is 18.1 Å². The molecule has 0 aliphatic heterocycles. The van der Waals surface area contributed by atoms with Gasteiger partial charge in [-0.05, 0) is 18.8 Å². The van der Waals surface area contributed by atoms with Gasteiger partial charge in [-0.1, -0.05) is 13.3 Å². The van der Waals surface area contributed by atoms with Gasteiger partial charge in [0.1, 0.15) is 6.33 Å². The Morgan fingerprint density at radius 1 is 1.31 bits per heavy atom. The van der Waals surface area contributed by atoms with Crippen LogP contribution < -0.4 is 5.32 Å². The standard InChI is InChI=1S/C10H15N3/c1-8-3-2-4-10(8)13-9-5-11-7-12-6-9/h5-8,10,13H,2-4H2,1H3. The predicted octanol–water partition coefficient (Wildman–Crippen LogP) is 2.08. The van der Waals surface area contributed by atoms with Crippen molar-refractivity contribution >= 4 is 5.69 Å². The van der Waals surface area contributed by atoms with Gasteiger partial charge in [-0.2, -0.15) is 0 Å². The van der Waals surface area contributed by atoms with Gasteiger partial charge in [-0.25, -0.2) is 9.97 Å². The summed E-state index contributed by atoms with van der Waals surface area (Å²) < 4.78 is 0. The van der Waals surface area contributed by atoms with Crippen LogP contribution in [-0.2, 0) is 0 Å². The van der Waals surface area contributed by atoms with Crippen LogP contribution in [0.15, 0.2) is 18.7 Å². The molecule has 1 aliphatic rings. The second kappa shape index (κ2) is 3.73. The Balaban J connectivity index is 1.98. The summed E-state index contributed by atoms with van der Waals surface area (Å²) in [6.07, 6.45) is 9.17. The van der Waals surface area contributed by atoms with Crippen molar-refractivity contribution in [3.8, 4) is 0 Å². The zero-order chi connectivity index (χ0) is 9.10. The Morgan fingerprint density at radius 2 is 2.08 bits per heavy atom. The maximum absolute atomic E-state index is 3.98. The lowest BCUT2D eigenvalue weighted by Gasteiger charge is -2.17. The number of anilines is 1. The topological polar surface area (TPSA) is 37.8 Å². The van der Waals surface area contributed by atoms with Crippen molar-refractivity contribution in [2.45, 2.75) is 32.2 Å². The molecule has 0 aromatic carbocycles. The zero-order valence-corrected chi connectivity index (χ0v) is 7.90. The summed E-state index contributed by atoms with van der Waals surface area (Å²) in [6.45, 7) is 2.30. The predicted molar refractivity (Wildman–Crippen MR) is 52.5 cm³/mol. The summed E-state index contributed by atoms with van der Waals surface area (Å²) >= 11 is 0. The molecule has 1 fully saturated rings. The Labute approximate surface area is 78.6 Å². The molecule has 3 nitrogen and oxygen atoms in total. The average Bonchev–Trinajstić information content (AvgIpc) is 2.54. The quantitative estimate of drug-likeness (QED) is 0.751. The van der Waals surface area contributed by atoms with Gasteiger partial charge in [0.25, 0.3) is 0 Å². The third-order valence-corrected chi connectivity index (χ3v) is 2.77. The Morgan fingerprint density at radius 3 is 2.69 bits per heavy atom. The Bertz CT molecular complexity index is 260. The molecule has 0 radical (unpaired) electrons. The minimum atomic E-state index is 0.617. The number of hydrogen-bond acceptors (Lipinski definition) is 3.